The number of oxazole rings is 1. The molecule has 0 aliphatic carbocycles. The molecule has 0 aliphatic heterocycles. The number of hydrogen-bond acceptors (Lipinski definition) is 3. The SMILES string of the molecule is C[C@H](c1ccc(F)cc1)[S@@](=O)[C@H](C)c1ncc(-c2ccccc2)o1. The fourth-order valence-electron chi connectivity index (χ4n) is 2.48. The van der Waals surface area contributed by atoms with Gasteiger partial charge in [0.2, 0.25) is 5.89 Å². The lowest BCUT2D eigenvalue weighted by Crippen LogP contribution is -2.10. The first-order valence-electron chi connectivity index (χ1n) is 7.72. The van der Waals surface area contributed by atoms with Gasteiger partial charge in [0.1, 0.15) is 11.1 Å². The van der Waals surface area contributed by atoms with Gasteiger partial charge in [-0.25, -0.2) is 9.37 Å². The molecule has 0 amide bonds. The van der Waals surface area contributed by atoms with Crippen LogP contribution in [-0.2, 0) is 10.8 Å². The number of hydrogen-bond donors (Lipinski definition) is 0. The topological polar surface area (TPSA) is 43.1 Å². The van der Waals surface area contributed by atoms with E-state index >= 15 is 0 Å². The molecule has 3 rings (SSSR count). The zero-order chi connectivity index (χ0) is 17.1. The quantitative estimate of drug-likeness (QED) is 0.651. The summed E-state index contributed by atoms with van der Waals surface area (Å²) in [5.41, 5.74) is 1.76. The summed E-state index contributed by atoms with van der Waals surface area (Å²) in [5, 5.41) is -0.602. The van der Waals surface area contributed by atoms with Gasteiger partial charge in [-0.1, -0.05) is 42.5 Å². The van der Waals surface area contributed by atoms with Crippen LogP contribution in [0.25, 0.3) is 11.3 Å². The molecule has 3 atom stereocenters. The Labute approximate surface area is 143 Å². The maximum absolute atomic E-state index is 13.0. The van der Waals surface area contributed by atoms with Crippen LogP contribution in [0.5, 0.6) is 0 Å². The molecule has 2 aromatic carbocycles. The summed E-state index contributed by atoms with van der Waals surface area (Å²) in [6.45, 7) is 3.69. The largest absolute Gasteiger partial charge is 0.439 e. The van der Waals surface area contributed by atoms with Gasteiger partial charge in [0, 0.05) is 16.4 Å². The third-order valence-corrected chi connectivity index (χ3v) is 5.83. The van der Waals surface area contributed by atoms with Gasteiger partial charge in [0.15, 0.2) is 5.76 Å². The third kappa shape index (κ3) is 3.46. The normalized spacial score (nSPS) is 15.0. The molecular weight excluding hydrogens is 325 g/mol. The van der Waals surface area contributed by atoms with Gasteiger partial charge < -0.3 is 4.42 Å². The number of nitrogens with zero attached hydrogens (tertiary/aromatic N) is 1. The van der Waals surface area contributed by atoms with Gasteiger partial charge in [-0.2, -0.15) is 0 Å². The van der Waals surface area contributed by atoms with Crippen LogP contribution in [-0.4, -0.2) is 9.19 Å². The Morgan fingerprint density at radius 3 is 2.33 bits per heavy atom. The minimum atomic E-state index is -1.24. The molecule has 124 valence electrons. The van der Waals surface area contributed by atoms with Crippen LogP contribution in [0.15, 0.2) is 65.2 Å². The first-order valence-corrected chi connectivity index (χ1v) is 9.00. The van der Waals surface area contributed by atoms with Crippen LogP contribution in [0.4, 0.5) is 4.39 Å². The van der Waals surface area contributed by atoms with Crippen molar-refractivity contribution in [3.63, 3.8) is 0 Å². The highest BCUT2D eigenvalue weighted by atomic mass is 32.2. The zero-order valence-electron chi connectivity index (χ0n) is 13.5. The molecule has 0 unspecified atom stereocenters. The number of halogens is 1. The number of benzene rings is 2. The highest BCUT2D eigenvalue weighted by molar-refractivity contribution is 7.85. The summed E-state index contributed by atoms with van der Waals surface area (Å²) in [4.78, 5) is 4.28. The molecular formula is C19H18FNO2S. The van der Waals surface area contributed by atoms with Crippen molar-refractivity contribution in [2.24, 2.45) is 0 Å². The van der Waals surface area contributed by atoms with E-state index in [0.717, 1.165) is 11.1 Å². The van der Waals surface area contributed by atoms with Gasteiger partial charge >= 0.3 is 0 Å². The molecule has 5 heteroatoms. The number of rotatable bonds is 5. The molecule has 0 saturated carbocycles. The summed E-state index contributed by atoms with van der Waals surface area (Å²) in [5.74, 6) is 0.801. The second-order valence-electron chi connectivity index (χ2n) is 5.59. The summed E-state index contributed by atoms with van der Waals surface area (Å²) in [6, 6.07) is 15.7. The maximum Gasteiger partial charge on any atom is 0.210 e. The predicted octanol–water partition coefficient (Wildman–Crippen LogP) is 5.05. The van der Waals surface area contributed by atoms with Crippen LogP contribution in [0, 0.1) is 5.82 Å². The highest BCUT2D eigenvalue weighted by Gasteiger charge is 2.25. The zero-order valence-corrected chi connectivity index (χ0v) is 14.3. The molecule has 0 radical (unpaired) electrons. The Bertz CT molecular complexity index is 830. The average molecular weight is 343 g/mol. The van der Waals surface area contributed by atoms with E-state index in [1.807, 2.05) is 44.2 Å². The average Bonchev–Trinajstić information content (AvgIpc) is 3.11. The lowest BCUT2D eigenvalue weighted by atomic mass is 10.2. The van der Waals surface area contributed by atoms with Gasteiger partial charge in [0.05, 0.1) is 11.4 Å². The molecule has 24 heavy (non-hydrogen) atoms. The van der Waals surface area contributed by atoms with E-state index in [1.54, 1.807) is 18.3 Å². The van der Waals surface area contributed by atoms with Crippen LogP contribution in [0.1, 0.15) is 35.8 Å². The van der Waals surface area contributed by atoms with E-state index in [9.17, 15) is 8.60 Å². The molecule has 0 fully saturated rings. The van der Waals surface area contributed by atoms with E-state index in [0.29, 0.717) is 11.7 Å². The Morgan fingerprint density at radius 2 is 1.67 bits per heavy atom. The number of aromatic nitrogens is 1. The molecule has 0 N–H and O–H groups in total. The Balaban J connectivity index is 1.78. The Morgan fingerprint density at radius 1 is 1.00 bits per heavy atom. The van der Waals surface area contributed by atoms with Crippen molar-refractivity contribution in [3.8, 4) is 11.3 Å². The van der Waals surface area contributed by atoms with Gasteiger partial charge in [-0.05, 0) is 31.5 Å². The maximum atomic E-state index is 13.0. The van der Waals surface area contributed by atoms with Crippen molar-refractivity contribution in [2.75, 3.05) is 0 Å². The Kier molecular flexibility index (Phi) is 4.90. The molecule has 1 heterocycles. The second-order valence-corrected chi connectivity index (χ2v) is 7.66. The molecule has 1 aromatic heterocycles. The van der Waals surface area contributed by atoms with Crippen LogP contribution < -0.4 is 0 Å². The predicted molar refractivity (Wildman–Crippen MR) is 93.3 cm³/mol. The second kappa shape index (κ2) is 7.09. The molecule has 0 spiro atoms. The van der Waals surface area contributed by atoms with Gasteiger partial charge in [0.25, 0.3) is 0 Å². The van der Waals surface area contributed by atoms with E-state index in [1.165, 1.54) is 12.1 Å². The lowest BCUT2D eigenvalue weighted by Gasteiger charge is -2.15. The minimum Gasteiger partial charge on any atom is -0.439 e. The first-order chi connectivity index (χ1) is 11.6. The summed E-state index contributed by atoms with van der Waals surface area (Å²) in [7, 11) is -1.24. The van der Waals surface area contributed by atoms with Crippen molar-refractivity contribution in [1.82, 2.24) is 4.98 Å². The van der Waals surface area contributed by atoms with Crippen molar-refractivity contribution >= 4 is 10.8 Å². The standard InChI is InChI=1S/C19H18FNO2S/c1-13(15-8-10-17(20)11-9-15)24(22)14(2)19-21-12-18(23-19)16-6-4-3-5-7-16/h3-14H,1-2H3/t13-,14-,24-/m1/s1. The third-order valence-electron chi connectivity index (χ3n) is 3.97. The summed E-state index contributed by atoms with van der Waals surface area (Å²) < 4.78 is 31.6. The van der Waals surface area contributed by atoms with E-state index < -0.39 is 10.8 Å². The van der Waals surface area contributed by atoms with Crippen molar-refractivity contribution in [3.05, 3.63) is 78.1 Å². The van der Waals surface area contributed by atoms with E-state index in [-0.39, 0.29) is 16.3 Å². The van der Waals surface area contributed by atoms with Crippen molar-refractivity contribution in [1.29, 1.82) is 0 Å². The molecule has 0 saturated heterocycles. The van der Waals surface area contributed by atoms with E-state index in [4.69, 9.17) is 4.42 Å². The van der Waals surface area contributed by atoms with Crippen LogP contribution in [0.2, 0.25) is 0 Å². The smallest absolute Gasteiger partial charge is 0.210 e. The van der Waals surface area contributed by atoms with Crippen molar-refractivity contribution in [2.45, 2.75) is 24.3 Å². The van der Waals surface area contributed by atoms with Gasteiger partial charge in [-0.15, -0.1) is 0 Å². The van der Waals surface area contributed by atoms with Crippen LogP contribution >= 0.6 is 0 Å². The summed E-state index contributed by atoms with van der Waals surface area (Å²) >= 11 is 0. The lowest BCUT2D eigenvalue weighted by molar-refractivity contribution is 0.504. The van der Waals surface area contributed by atoms with Crippen LogP contribution in [0.3, 0.4) is 0 Å². The molecule has 3 nitrogen and oxygen atoms in total. The monoisotopic (exact) mass is 343 g/mol. The highest BCUT2D eigenvalue weighted by Crippen LogP contribution is 2.31. The molecule has 0 bridgehead atoms. The first kappa shape index (κ1) is 16.6. The van der Waals surface area contributed by atoms with E-state index in [2.05, 4.69) is 4.98 Å². The Hall–Kier alpha value is -2.27. The molecule has 0 aliphatic rings. The fraction of sp³-hybridized carbons (Fsp3) is 0.211. The summed E-state index contributed by atoms with van der Waals surface area (Å²) in [6.07, 6.45) is 1.65. The van der Waals surface area contributed by atoms with Gasteiger partial charge in [-0.3, -0.25) is 4.21 Å². The fourth-order valence-corrected chi connectivity index (χ4v) is 3.83. The molecule has 3 aromatic rings. The van der Waals surface area contributed by atoms with Crippen molar-refractivity contribution < 1.29 is 13.0 Å². The minimum absolute atomic E-state index is 0.243.